The van der Waals surface area contributed by atoms with E-state index in [1.54, 1.807) is 12.1 Å². The Morgan fingerprint density at radius 2 is 2.19 bits per heavy atom. The van der Waals surface area contributed by atoms with Gasteiger partial charge in [0.2, 0.25) is 10.0 Å². The van der Waals surface area contributed by atoms with Crippen LogP contribution >= 0.6 is 0 Å². The Bertz CT molecular complexity index is 647. The zero-order valence-electron chi connectivity index (χ0n) is 12.4. The number of fused-ring (bicyclic) bond motifs is 2. The van der Waals surface area contributed by atoms with Crippen LogP contribution in [0, 0.1) is 16.7 Å². The second-order valence-corrected chi connectivity index (χ2v) is 8.63. The average molecular weight is 311 g/mol. The summed E-state index contributed by atoms with van der Waals surface area (Å²) in [5, 5.41) is 0. The van der Waals surface area contributed by atoms with Gasteiger partial charge in [0.05, 0.1) is 18.6 Å². The number of Topliss-reactive ketones (excluding diaryl/α,β-unsaturated/α-hetero) is 1. The molecule has 21 heavy (non-hydrogen) atoms. The van der Waals surface area contributed by atoms with Gasteiger partial charge in [0.25, 0.3) is 0 Å². The van der Waals surface area contributed by atoms with Crippen LogP contribution in [0.15, 0.2) is 22.8 Å². The Balaban J connectivity index is 1.77. The van der Waals surface area contributed by atoms with Crippen molar-refractivity contribution in [1.29, 1.82) is 0 Å². The van der Waals surface area contributed by atoms with Gasteiger partial charge >= 0.3 is 0 Å². The van der Waals surface area contributed by atoms with Crippen molar-refractivity contribution in [3.63, 3.8) is 0 Å². The van der Waals surface area contributed by atoms with Gasteiger partial charge in [-0.1, -0.05) is 13.8 Å². The van der Waals surface area contributed by atoms with E-state index in [-0.39, 0.29) is 23.5 Å². The summed E-state index contributed by atoms with van der Waals surface area (Å²) in [7, 11) is -3.52. The molecule has 2 fully saturated rings. The predicted octanol–water partition coefficient (Wildman–Crippen LogP) is 2.09. The maximum Gasteiger partial charge on any atom is 0.213 e. The molecule has 1 unspecified atom stereocenters. The van der Waals surface area contributed by atoms with Gasteiger partial charge in [0, 0.05) is 11.8 Å². The molecule has 2 aliphatic carbocycles. The molecular formula is C15H21NO4S. The monoisotopic (exact) mass is 311 g/mol. The van der Waals surface area contributed by atoms with Gasteiger partial charge in [-0.15, -0.1) is 0 Å². The molecule has 5 nitrogen and oxygen atoms in total. The largest absolute Gasteiger partial charge is 0.468 e. The number of hydrogen-bond acceptors (Lipinski definition) is 4. The van der Waals surface area contributed by atoms with Crippen LogP contribution in [0.25, 0.3) is 0 Å². The molecule has 116 valence electrons. The smallest absolute Gasteiger partial charge is 0.213 e. The fraction of sp³-hybridized carbons (Fsp3) is 0.667. The molecule has 0 aliphatic heterocycles. The van der Waals surface area contributed by atoms with Crippen molar-refractivity contribution in [3.8, 4) is 0 Å². The fourth-order valence-electron chi connectivity index (χ4n) is 4.08. The number of hydrogen-bond donors (Lipinski definition) is 1. The van der Waals surface area contributed by atoms with Gasteiger partial charge in [0.1, 0.15) is 11.5 Å². The van der Waals surface area contributed by atoms with Crippen LogP contribution in [0.3, 0.4) is 0 Å². The molecule has 0 aromatic carbocycles. The lowest BCUT2D eigenvalue weighted by Gasteiger charge is -2.36. The summed E-state index contributed by atoms with van der Waals surface area (Å²) in [5.74, 6) is 0.901. The molecule has 2 atom stereocenters. The normalized spacial score (nSPS) is 31.0. The third-order valence-electron chi connectivity index (χ3n) is 5.62. The molecule has 0 radical (unpaired) electrons. The molecular weight excluding hydrogens is 290 g/mol. The first kappa shape index (κ1) is 14.8. The predicted molar refractivity (Wildman–Crippen MR) is 77.9 cm³/mol. The van der Waals surface area contributed by atoms with Crippen LogP contribution in [-0.4, -0.2) is 20.0 Å². The zero-order valence-corrected chi connectivity index (χ0v) is 13.2. The summed E-state index contributed by atoms with van der Waals surface area (Å²) >= 11 is 0. The van der Waals surface area contributed by atoms with E-state index in [4.69, 9.17) is 4.42 Å². The van der Waals surface area contributed by atoms with Crippen LogP contribution in [0.5, 0.6) is 0 Å². The lowest BCUT2D eigenvalue weighted by molar-refractivity contribution is -0.128. The van der Waals surface area contributed by atoms with Crippen LogP contribution in [0.4, 0.5) is 0 Å². The highest BCUT2D eigenvalue weighted by molar-refractivity contribution is 7.89. The van der Waals surface area contributed by atoms with Crippen molar-refractivity contribution in [3.05, 3.63) is 24.2 Å². The Kier molecular flexibility index (Phi) is 3.29. The van der Waals surface area contributed by atoms with Crippen molar-refractivity contribution in [2.45, 2.75) is 39.7 Å². The average Bonchev–Trinajstić information content (AvgIpc) is 3.02. The summed E-state index contributed by atoms with van der Waals surface area (Å²) in [4.78, 5) is 12.4. The van der Waals surface area contributed by atoms with Crippen molar-refractivity contribution in [1.82, 2.24) is 4.72 Å². The third kappa shape index (κ3) is 2.25. The van der Waals surface area contributed by atoms with Gasteiger partial charge in [-0.25, -0.2) is 13.1 Å². The highest BCUT2D eigenvalue weighted by atomic mass is 32.2. The molecule has 2 saturated carbocycles. The summed E-state index contributed by atoms with van der Waals surface area (Å²) in [5.41, 5.74) is -0.948. The van der Waals surface area contributed by atoms with Crippen LogP contribution in [0.1, 0.15) is 38.9 Å². The van der Waals surface area contributed by atoms with Gasteiger partial charge in [-0.3, -0.25) is 4.79 Å². The number of furan rings is 1. The molecule has 3 rings (SSSR count). The number of sulfonamides is 1. The molecule has 0 amide bonds. The standard InChI is InChI=1S/C15H21NO4S/c1-14(2)11-5-6-15(14,13(17)8-11)10-21(18,19)16-9-12-4-3-7-20-12/h3-4,7,11,16H,5-6,8-10H2,1-2H3/t11-,15?/m0/s1. The van der Waals surface area contributed by atoms with Gasteiger partial charge in [-0.05, 0) is 36.3 Å². The molecule has 0 spiro atoms. The van der Waals surface area contributed by atoms with E-state index in [9.17, 15) is 13.2 Å². The van der Waals surface area contributed by atoms with Crippen LogP contribution in [-0.2, 0) is 21.4 Å². The van der Waals surface area contributed by atoms with E-state index in [1.807, 2.05) is 13.8 Å². The lowest BCUT2D eigenvalue weighted by Crippen LogP contribution is -2.45. The second-order valence-electron chi connectivity index (χ2n) is 6.83. The van der Waals surface area contributed by atoms with Crippen molar-refractivity contribution < 1.29 is 17.6 Å². The van der Waals surface area contributed by atoms with Gasteiger partial charge in [0.15, 0.2) is 0 Å². The Hall–Kier alpha value is -1.14. The first-order valence-electron chi connectivity index (χ1n) is 7.30. The quantitative estimate of drug-likeness (QED) is 0.903. The maximum atomic E-state index is 12.4. The van der Waals surface area contributed by atoms with Gasteiger partial charge in [-0.2, -0.15) is 0 Å². The molecule has 2 aliphatic rings. The number of carbonyl (C=O) groups is 1. The van der Waals surface area contributed by atoms with Crippen LogP contribution in [0.2, 0.25) is 0 Å². The number of nitrogens with one attached hydrogen (secondary N) is 1. The Labute approximate surface area is 125 Å². The molecule has 6 heteroatoms. The highest BCUT2D eigenvalue weighted by Gasteiger charge is 2.65. The fourth-order valence-corrected chi connectivity index (χ4v) is 5.87. The zero-order chi connectivity index (χ0) is 15.3. The van der Waals surface area contributed by atoms with E-state index in [0.717, 1.165) is 6.42 Å². The minimum absolute atomic E-state index is 0.108. The summed E-state index contributed by atoms with van der Waals surface area (Å²) in [6.07, 6.45) is 3.67. The molecule has 0 saturated heterocycles. The van der Waals surface area contributed by atoms with E-state index in [1.165, 1.54) is 6.26 Å². The molecule has 1 aromatic rings. The number of carbonyl (C=O) groups excluding carboxylic acids is 1. The summed E-state index contributed by atoms with van der Waals surface area (Å²) in [6.45, 7) is 4.21. The minimum Gasteiger partial charge on any atom is -0.468 e. The van der Waals surface area contributed by atoms with E-state index in [2.05, 4.69) is 4.72 Å². The van der Waals surface area contributed by atoms with Crippen molar-refractivity contribution in [2.24, 2.45) is 16.7 Å². The molecule has 1 aromatic heterocycles. The minimum atomic E-state index is -3.52. The summed E-state index contributed by atoms with van der Waals surface area (Å²) < 4.78 is 32.5. The molecule has 1 heterocycles. The van der Waals surface area contributed by atoms with Crippen LogP contribution < -0.4 is 4.72 Å². The molecule has 1 N–H and O–H groups in total. The maximum absolute atomic E-state index is 12.4. The van der Waals surface area contributed by atoms with E-state index in [0.29, 0.717) is 24.5 Å². The Morgan fingerprint density at radius 3 is 2.71 bits per heavy atom. The Morgan fingerprint density at radius 1 is 1.43 bits per heavy atom. The number of ketones is 1. The van der Waals surface area contributed by atoms with Crippen molar-refractivity contribution >= 4 is 15.8 Å². The number of rotatable bonds is 5. The molecule has 2 bridgehead atoms. The first-order valence-corrected chi connectivity index (χ1v) is 8.95. The lowest BCUT2D eigenvalue weighted by atomic mass is 9.70. The van der Waals surface area contributed by atoms with E-state index >= 15 is 0 Å². The highest BCUT2D eigenvalue weighted by Crippen LogP contribution is 2.64. The third-order valence-corrected chi connectivity index (χ3v) is 7.08. The van der Waals surface area contributed by atoms with E-state index < -0.39 is 15.4 Å². The SMILES string of the molecule is CC1(C)[C@H]2CCC1(CS(=O)(=O)NCc1ccco1)C(=O)C2. The first-order chi connectivity index (χ1) is 9.77. The summed E-state index contributed by atoms with van der Waals surface area (Å²) in [6, 6.07) is 3.44. The van der Waals surface area contributed by atoms with Crippen molar-refractivity contribution in [2.75, 3.05) is 5.75 Å². The van der Waals surface area contributed by atoms with Gasteiger partial charge < -0.3 is 4.42 Å². The second kappa shape index (κ2) is 4.68. The topological polar surface area (TPSA) is 76.4 Å².